The van der Waals surface area contributed by atoms with E-state index in [9.17, 15) is 8.42 Å². The molecule has 0 amide bonds. The highest BCUT2D eigenvalue weighted by Crippen LogP contribution is 2.18. The van der Waals surface area contributed by atoms with Gasteiger partial charge in [-0.15, -0.1) is 0 Å². The molecule has 0 aromatic heterocycles. The van der Waals surface area contributed by atoms with Gasteiger partial charge in [-0.25, -0.2) is 4.72 Å². The average molecular weight is 321 g/mol. The standard InChI is InChI=1S/C14H32N4O2S/c1-5-8-15-11-14-7-6-9-18(12-14)21(19,20)16-10-13(2)17(3)4/h13-16H,5-12H2,1-4H3. The van der Waals surface area contributed by atoms with E-state index in [4.69, 9.17) is 0 Å². The molecule has 0 bridgehead atoms. The van der Waals surface area contributed by atoms with E-state index in [0.29, 0.717) is 25.6 Å². The summed E-state index contributed by atoms with van der Waals surface area (Å²) in [6.07, 6.45) is 3.16. The third-order valence-corrected chi connectivity index (χ3v) is 5.67. The van der Waals surface area contributed by atoms with Crippen LogP contribution in [0.4, 0.5) is 0 Å². The van der Waals surface area contributed by atoms with E-state index in [1.165, 1.54) is 0 Å². The minimum atomic E-state index is -3.35. The lowest BCUT2D eigenvalue weighted by Crippen LogP contribution is -2.49. The van der Waals surface area contributed by atoms with E-state index in [1.54, 1.807) is 4.31 Å². The Labute approximate surface area is 130 Å². The fourth-order valence-corrected chi connectivity index (χ4v) is 3.81. The molecule has 7 heteroatoms. The molecule has 0 aromatic rings. The number of piperidine rings is 1. The Hall–Kier alpha value is -0.210. The van der Waals surface area contributed by atoms with Gasteiger partial charge in [0.2, 0.25) is 0 Å². The lowest BCUT2D eigenvalue weighted by Gasteiger charge is -2.32. The Balaban J connectivity index is 2.46. The normalized spacial score (nSPS) is 22.6. The number of hydrogen-bond acceptors (Lipinski definition) is 4. The van der Waals surface area contributed by atoms with Gasteiger partial charge in [0.05, 0.1) is 0 Å². The Morgan fingerprint density at radius 1 is 1.38 bits per heavy atom. The number of likely N-dealkylation sites (N-methyl/N-ethyl adjacent to an activating group) is 1. The lowest BCUT2D eigenvalue weighted by atomic mass is 10.00. The van der Waals surface area contributed by atoms with E-state index >= 15 is 0 Å². The zero-order valence-electron chi connectivity index (χ0n) is 13.9. The number of rotatable bonds is 9. The maximum absolute atomic E-state index is 12.4. The molecule has 0 saturated carbocycles. The van der Waals surface area contributed by atoms with Crippen molar-refractivity contribution in [3.05, 3.63) is 0 Å². The highest BCUT2D eigenvalue weighted by molar-refractivity contribution is 7.87. The summed E-state index contributed by atoms with van der Waals surface area (Å²) in [6.45, 7) is 7.77. The molecule has 2 unspecified atom stereocenters. The molecule has 0 spiro atoms. The highest BCUT2D eigenvalue weighted by Gasteiger charge is 2.28. The summed E-state index contributed by atoms with van der Waals surface area (Å²) in [5.41, 5.74) is 0. The van der Waals surface area contributed by atoms with Gasteiger partial charge in [-0.05, 0) is 59.3 Å². The van der Waals surface area contributed by atoms with Crippen molar-refractivity contribution in [2.75, 3.05) is 46.8 Å². The molecule has 0 aliphatic carbocycles. The minimum absolute atomic E-state index is 0.187. The second-order valence-corrected chi connectivity index (χ2v) is 7.99. The van der Waals surface area contributed by atoms with Crippen molar-refractivity contribution in [2.24, 2.45) is 5.92 Å². The molecular formula is C14H32N4O2S. The van der Waals surface area contributed by atoms with Gasteiger partial charge in [0.1, 0.15) is 0 Å². The van der Waals surface area contributed by atoms with Gasteiger partial charge in [-0.1, -0.05) is 6.92 Å². The summed E-state index contributed by atoms with van der Waals surface area (Å²) in [7, 11) is 0.561. The Bertz CT molecular complexity index is 386. The smallest absolute Gasteiger partial charge is 0.279 e. The van der Waals surface area contributed by atoms with Gasteiger partial charge in [0.25, 0.3) is 10.2 Å². The summed E-state index contributed by atoms with van der Waals surface area (Å²) < 4.78 is 29.1. The first-order valence-corrected chi connectivity index (χ1v) is 9.42. The summed E-state index contributed by atoms with van der Waals surface area (Å²) in [5.74, 6) is 0.424. The molecule has 2 atom stereocenters. The zero-order valence-corrected chi connectivity index (χ0v) is 14.7. The molecule has 2 N–H and O–H groups in total. The van der Waals surface area contributed by atoms with Crippen LogP contribution in [0.25, 0.3) is 0 Å². The quantitative estimate of drug-likeness (QED) is 0.607. The average Bonchev–Trinajstić information content (AvgIpc) is 2.45. The first-order chi connectivity index (χ1) is 9.86. The monoisotopic (exact) mass is 320 g/mol. The first kappa shape index (κ1) is 18.8. The van der Waals surface area contributed by atoms with Crippen molar-refractivity contribution in [1.29, 1.82) is 0 Å². The maximum atomic E-state index is 12.4. The van der Waals surface area contributed by atoms with Crippen LogP contribution in [0.1, 0.15) is 33.1 Å². The Morgan fingerprint density at radius 3 is 2.71 bits per heavy atom. The van der Waals surface area contributed by atoms with Crippen LogP contribution in [0.2, 0.25) is 0 Å². The highest BCUT2D eigenvalue weighted by atomic mass is 32.2. The van der Waals surface area contributed by atoms with Crippen molar-refractivity contribution in [3.8, 4) is 0 Å². The second-order valence-electron chi connectivity index (χ2n) is 6.24. The number of hydrogen-bond donors (Lipinski definition) is 2. The largest absolute Gasteiger partial charge is 0.316 e. The number of nitrogens with one attached hydrogen (secondary N) is 2. The molecule has 1 saturated heterocycles. The van der Waals surface area contributed by atoms with Crippen LogP contribution >= 0.6 is 0 Å². The molecule has 1 rings (SSSR count). The molecule has 1 heterocycles. The Kier molecular flexibility index (Phi) is 8.12. The SMILES string of the molecule is CCCNCC1CCCN(S(=O)(=O)NCC(C)N(C)C)C1. The van der Waals surface area contributed by atoms with E-state index in [-0.39, 0.29) is 6.04 Å². The first-order valence-electron chi connectivity index (χ1n) is 7.98. The minimum Gasteiger partial charge on any atom is -0.316 e. The van der Waals surface area contributed by atoms with Gasteiger partial charge in [-0.2, -0.15) is 12.7 Å². The van der Waals surface area contributed by atoms with Crippen LogP contribution in [0.5, 0.6) is 0 Å². The molecule has 21 heavy (non-hydrogen) atoms. The zero-order chi connectivity index (χ0) is 15.9. The molecule has 1 aliphatic rings. The molecule has 0 radical (unpaired) electrons. The lowest BCUT2D eigenvalue weighted by molar-refractivity contribution is 0.255. The third-order valence-electron chi connectivity index (χ3n) is 4.12. The van der Waals surface area contributed by atoms with Crippen molar-refractivity contribution in [3.63, 3.8) is 0 Å². The van der Waals surface area contributed by atoms with Crippen molar-refractivity contribution in [2.45, 2.75) is 39.2 Å². The molecule has 1 fully saturated rings. The van der Waals surface area contributed by atoms with Crippen molar-refractivity contribution in [1.82, 2.24) is 19.2 Å². The van der Waals surface area contributed by atoms with Crippen LogP contribution in [-0.2, 0) is 10.2 Å². The van der Waals surface area contributed by atoms with E-state index < -0.39 is 10.2 Å². The van der Waals surface area contributed by atoms with E-state index in [1.807, 2.05) is 25.9 Å². The van der Waals surface area contributed by atoms with Gasteiger partial charge in [0.15, 0.2) is 0 Å². The predicted molar refractivity (Wildman–Crippen MR) is 87.5 cm³/mol. The summed E-state index contributed by atoms with van der Waals surface area (Å²) in [4.78, 5) is 2.01. The number of nitrogens with zero attached hydrogens (tertiary/aromatic N) is 2. The maximum Gasteiger partial charge on any atom is 0.279 e. The molecule has 126 valence electrons. The van der Waals surface area contributed by atoms with Crippen LogP contribution in [0.15, 0.2) is 0 Å². The topological polar surface area (TPSA) is 64.7 Å². The molecular weight excluding hydrogens is 288 g/mol. The predicted octanol–water partition coefficient (Wildman–Crippen LogP) is 0.483. The fraction of sp³-hybridized carbons (Fsp3) is 1.00. The van der Waals surface area contributed by atoms with Crippen molar-refractivity contribution < 1.29 is 8.42 Å². The summed E-state index contributed by atoms with van der Waals surface area (Å²) >= 11 is 0. The summed E-state index contributed by atoms with van der Waals surface area (Å²) in [5, 5.41) is 3.39. The van der Waals surface area contributed by atoms with Crippen LogP contribution in [0, 0.1) is 5.92 Å². The van der Waals surface area contributed by atoms with Crippen LogP contribution in [0.3, 0.4) is 0 Å². The second kappa shape index (κ2) is 9.05. The van der Waals surface area contributed by atoms with Crippen molar-refractivity contribution >= 4 is 10.2 Å². The summed E-state index contributed by atoms with van der Waals surface area (Å²) in [6, 6.07) is 0.187. The van der Waals surface area contributed by atoms with E-state index in [2.05, 4.69) is 17.0 Å². The fourth-order valence-electron chi connectivity index (χ4n) is 2.39. The van der Waals surface area contributed by atoms with Gasteiger partial charge >= 0.3 is 0 Å². The molecule has 6 nitrogen and oxygen atoms in total. The van der Waals surface area contributed by atoms with E-state index in [0.717, 1.165) is 32.4 Å². The molecule has 1 aliphatic heterocycles. The Morgan fingerprint density at radius 2 is 2.10 bits per heavy atom. The molecule has 0 aromatic carbocycles. The van der Waals surface area contributed by atoms with Gasteiger partial charge < -0.3 is 10.2 Å². The van der Waals surface area contributed by atoms with Crippen LogP contribution in [-0.4, -0.2) is 70.5 Å². The van der Waals surface area contributed by atoms with Gasteiger partial charge in [-0.3, -0.25) is 0 Å². The van der Waals surface area contributed by atoms with Crippen LogP contribution < -0.4 is 10.0 Å². The van der Waals surface area contributed by atoms with Gasteiger partial charge in [0, 0.05) is 25.7 Å². The third kappa shape index (κ3) is 6.61.